The quantitative estimate of drug-likeness (QED) is 0.777. The van der Waals surface area contributed by atoms with Crippen molar-refractivity contribution in [2.45, 2.75) is 27.2 Å². The molecule has 0 fully saturated rings. The predicted octanol–water partition coefficient (Wildman–Crippen LogP) is 3.85. The third-order valence-electron chi connectivity index (χ3n) is 2.47. The molecule has 0 bridgehead atoms. The highest BCUT2D eigenvalue weighted by atomic mass is 16.4. The highest BCUT2D eigenvalue weighted by Crippen LogP contribution is 2.23. The Balaban J connectivity index is 2.32. The van der Waals surface area contributed by atoms with Crippen LogP contribution in [-0.2, 0) is 6.42 Å². The molecular formula is C14H17NO. The molecule has 0 atom stereocenters. The Kier molecular flexibility index (Phi) is 3.09. The van der Waals surface area contributed by atoms with Crippen LogP contribution < -0.4 is 0 Å². The van der Waals surface area contributed by atoms with Crippen LogP contribution in [0.2, 0.25) is 0 Å². The van der Waals surface area contributed by atoms with E-state index in [4.69, 9.17) is 4.42 Å². The van der Waals surface area contributed by atoms with E-state index < -0.39 is 0 Å². The number of rotatable bonds is 3. The van der Waals surface area contributed by atoms with Gasteiger partial charge in [0.1, 0.15) is 11.5 Å². The molecule has 0 aliphatic rings. The summed E-state index contributed by atoms with van der Waals surface area (Å²) in [6, 6.07) is 10.2. The molecule has 1 aromatic heterocycles. The van der Waals surface area contributed by atoms with Crippen LogP contribution in [0.25, 0.3) is 11.3 Å². The van der Waals surface area contributed by atoms with Crippen LogP contribution in [0.3, 0.4) is 0 Å². The van der Waals surface area contributed by atoms with E-state index in [0.717, 1.165) is 29.3 Å². The van der Waals surface area contributed by atoms with Gasteiger partial charge in [-0.25, -0.2) is 4.98 Å². The molecule has 1 aromatic carbocycles. The van der Waals surface area contributed by atoms with Crippen molar-refractivity contribution in [1.29, 1.82) is 0 Å². The molecule has 2 rings (SSSR count). The molecule has 1 heterocycles. The summed E-state index contributed by atoms with van der Waals surface area (Å²) in [6.45, 7) is 6.31. The van der Waals surface area contributed by atoms with Crippen molar-refractivity contribution in [3.05, 3.63) is 42.0 Å². The standard InChI is InChI=1S/C14H17NO/c1-10(2)9-13-15-14(11(3)16-13)12-7-5-4-6-8-12/h4-8,10H,9H2,1-3H3. The summed E-state index contributed by atoms with van der Waals surface area (Å²) >= 11 is 0. The number of hydrogen-bond donors (Lipinski definition) is 0. The number of benzene rings is 1. The SMILES string of the molecule is Cc1oc(CC(C)C)nc1-c1ccccc1. The second-order valence-corrected chi connectivity index (χ2v) is 4.48. The Labute approximate surface area is 96.3 Å². The molecule has 0 saturated carbocycles. The number of hydrogen-bond acceptors (Lipinski definition) is 2. The van der Waals surface area contributed by atoms with E-state index >= 15 is 0 Å². The third-order valence-corrected chi connectivity index (χ3v) is 2.47. The number of aromatic nitrogens is 1. The van der Waals surface area contributed by atoms with Gasteiger partial charge in [0.25, 0.3) is 0 Å². The lowest BCUT2D eigenvalue weighted by Crippen LogP contribution is -1.93. The second kappa shape index (κ2) is 4.52. The Hall–Kier alpha value is -1.57. The van der Waals surface area contributed by atoms with E-state index in [1.54, 1.807) is 0 Å². The first-order valence-corrected chi connectivity index (χ1v) is 5.68. The molecule has 0 saturated heterocycles. The van der Waals surface area contributed by atoms with Crippen LogP contribution in [0, 0.1) is 12.8 Å². The topological polar surface area (TPSA) is 26.0 Å². The summed E-state index contributed by atoms with van der Waals surface area (Å²) in [5.41, 5.74) is 2.09. The summed E-state index contributed by atoms with van der Waals surface area (Å²) in [6.07, 6.45) is 0.897. The maximum absolute atomic E-state index is 5.67. The molecular weight excluding hydrogens is 198 g/mol. The average Bonchev–Trinajstić information content (AvgIpc) is 2.60. The molecule has 0 spiro atoms. The highest BCUT2D eigenvalue weighted by molar-refractivity contribution is 5.60. The van der Waals surface area contributed by atoms with Crippen LogP contribution >= 0.6 is 0 Å². The van der Waals surface area contributed by atoms with Gasteiger partial charge in [-0.15, -0.1) is 0 Å². The van der Waals surface area contributed by atoms with E-state index in [-0.39, 0.29) is 0 Å². The van der Waals surface area contributed by atoms with Gasteiger partial charge in [-0.2, -0.15) is 0 Å². The molecule has 2 nitrogen and oxygen atoms in total. The summed E-state index contributed by atoms with van der Waals surface area (Å²) in [5.74, 6) is 2.31. The predicted molar refractivity (Wildman–Crippen MR) is 65.2 cm³/mol. The first-order valence-electron chi connectivity index (χ1n) is 5.68. The van der Waals surface area contributed by atoms with Gasteiger partial charge < -0.3 is 4.42 Å². The van der Waals surface area contributed by atoms with Gasteiger partial charge in [0, 0.05) is 12.0 Å². The van der Waals surface area contributed by atoms with Crippen molar-refractivity contribution in [2.24, 2.45) is 5.92 Å². The first-order chi connectivity index (χ1) is 7.66. The smallest absolute Gasteiger partial charge is 0.195 e. The Morgan fingerprint density at radius 3 is 2.50 bits per heavy atom. The van der Waals surface area contributed by atoms with Crippen LogP contribution in [0.5, 0.6) is 0 Å². The van der Waals surface area contributed by atoms with Crippen LogP contribution in [0.15, 0.2) is 34.7 Å². The monoisotopic (exact) mass is 215 g/mol. The summed E-state index contributed by atoms with van der Waals surface area (Å²) in [7, 11) is 0. The third kappa shape index (κ3) is 2.32. The van der Waals surface area contributed by atoms with E-state index in [1.807, 2.05) is 25.1 Å². The molecule has 84 valence electrons. The average molecular weight is 215 g/mol. The zero-order chi connectivity index (χ0) is 11.5. The van der Waals surface area contributed by atoms with Crippen molar-refractivity contribution in [3.8, 4) is 11.3 Å². The fraction of sp³-hybridized carbons (Fsp3) is 0.357. The first kappa shape index (κ1) is 10.9. The second-order valence-electron chi connectivity index (χ2n) is 4.48. The van der Waals surface area contributed by atoms with Crippen molar-refractivity contribution < 1.29 is 4.42 Å². The normalized spacial score (nSPS) is 11.0. The number of nitrogens with zero attached hydrogens (tertiary/aromatic N) is 1. The Bertz CT molecular complexity index is 457. The van der Waals surface area contributed by atoms with Crippen molar-refractivity contribution in [3.63, 3.8) is 0 Å². The van der Waals surface area contributed by atoms with E-state index in [2.05, 4.69) is 31.0 Å². The molecule has 0 amide bonds. The minimum Gasteiger partial charge on any atom is -0.445 e. The lowest BCUT2D eigenvalue weighted by atomic mass is 10.1. The van der Waals surface area contributed by atoms with Gasteiger partial charge in [-0.3, -0.25) is 0 Å². The molecule has 0 aliphatic carbocycles. The van der Waals surface area contributed by atoms with E-state index in [0.29, 0.717) is 5.92 Å². The molecule has 0 N–H and O–H groups in total. The van der Waals surface area contributed by atoms with Crippen molar-refractivity contribution >= 4 is 0 Å². The van der Waals surface area contributed by atoms with E-state index in [9.17, 15) is 0 Å². The van der Waals surface area contributed by atoms with E-state index in [1.165, 1.54) is 0 Å². The van der Waals surface area contributed by atoms with Gasteiger partial charge in [0.2, 0.25) is 0 Å². The maximum atomic E-state index is 5.67. The van der Waals surface area contributed by atoms with Crippen molar-refractivity contribution in [2.75, 3.05) is 0 Å². The largest absolute Gasteiger partial charge is 0.445 e. The Morgan fingerprint density at radius 1 is 1.19 bits per heavy atom. The van der Waals surface area contributed by atoms with Crippen LogP contribution in [0.4, 0.5) is 0 Å². The lowest BCUT2D eigenvalue weighted by Gasteiger charge is -1.97. The minimum absolute atomic E-state index is 0.571. The molecule has 0 aliphatic heterocycles. The fourth-order valence-electron chi connectivity index (χ4n) is 1.75. The van der Waals surface area contributed by atoms with Gasteiger partial charge in [0.05, 0.1) is 0 Å². The molecule has 0 radical (unpaired) electrons. The minimum atomic E-state index is 0.571. The molecule has 0 unspecified atom stereocenters. The van der Waals surface area contributed by atoms with Gasteiger partial charge in [-0.05, 0) is 12.8 Å². The zero-order valence-corrected chi connectivity index (χ0v) is 10.0. The lowest BCUT2D eigenvalue weighted by molar-refractivity contribution is 0.441. The van der Waals surface area contributed by atoms with Gasteiger partial charge >= 0.3 is 0 Å². The zero-order valence-electron chi connectivity index (χ0n) is 10.0. The summed E-state index contributed by atoms with van der Waals surface area (Å²) < 4.78 is 5.67. The molecule has 16 heavy (non-hydrogen) atoms. The highest BCUT2D eigenvalue weighted by Gasteiger charge is 2.11. The maximum Gasteiger partial charge on any atom is 0.195 e. The fourth-order valence-corrected chi connectivity index (χ4v) is 1.75. The van der Waals surface area contributed by atoms with Gasteiger partial charge in [-0.1, -0.05) is 44.2 Å². The number of oxazole rings is 1. The van der Waals surface area contributed by atoms with Crippen LogP contribution in [0.1, 0.15) is 25.5 Å². The summed E-state index contributed by atoms with van der Waals surface area (Å²) in [4.78, 5) is 4.55. The van der Waals surface area contributed by atoms with Crippen LogP contribution in [-0.4, -0.2) is 4.98 Å². The van der Waals surface area contributed by atoms with Crippen molar-refractivity contribution in [1.82, 2.24) is 4.98 Å². The molecule has 2 aromatic rings. The number of aryl methyl sites for hydroxylation is 1. The van der Waals surface area contributed by atoms with Gasteiger partial charge in [0.15, 0.2) is 5.89 Å². The molecule has 2 heteroatoms. The Morgan fingerprint density at radius 2 is 1.88 bits per heavy atom. The summed E-state index contributed by atoms with van der Waals surface area (Å²) in [5, 5.41) is 0.